The van der Waals surface area contributed by atoms with E-state index in [0.717, 1.165) is 35.9 Å². The van der Waals surface area contributed by atoms with Crippen LogP contribution in [0.2, 0.25) is 5.02 Å². The lowest BCUT2D eigenvalue weighted by Crippen LogP contribution is -1.96. The quantitative estimate of drug-likeness (QED) is 0.122. The van der Waals surface area contributed by atoms with Crippen LogP contribution in [0.3, 0.4) is 0 Å². The maximum atomic E-state index is 12.6. The molecule has 0 N–H and O–H groups in total. The fraction of sp³-hybridized carbons (Fsp3) is 0.143. The van der Waals surface area contributed by atoms with E-state index in [1.165, 1.54) is 82.6 Å². The molecule has 0 heterocycles. The van der Waals surface area contributed by atoms with Gasteiger partial charge in [0.2, 0.25) is 0 Å². The minimum absolute atomic E-state index is 0.0417. The smallest absolute Gasteiger partial charge is 0.162 e. The molecule has 62 heavy (non-hydrogen) atoms. The first-order chi connectivity index (χ1) is 29.0. The Kier molecular flexibility index (Phi) is 23.3. The highest BCUT2D eigenvalue weighted by Crippen LogP contribution is 2.11. The number of benzene rings is 6. The molecule has 0 radical (unpaired) electrons. The topological polar surface area (TPSA) is 102 Å². The number of carbonyl (C=O) groups is 6. The van der Waals surface area contributed by atoms with Crippen molar-refractivity contribution < 1.29 is 55.1 Å². The van der Waals surface area contributed by atoms with E-state index < -0.39 is 29.1 Å². The molecular weight excluding hydrogens is 834 g/mol. The molecule has 0 aliphatic heterocycles. The molecule has 0 amide bonds. The van der Waals surface area contributed by atoms with Gasteiger partial charge in [-0.25, -0.2) is 26.3 Å². The minimum Gasteiger partial charge on any atom is -0.295 e. The number of aryl methyl sites for hydroxylation is 1. The van der Waals surface area contributed by atoms with Gasteiger partial charge in [-0.15, -0.1) is 0 Å². The predicted molar refractivity (Wildman–Crippen MR) is 228 cm³/mol. The molecule has 6 aromatic rings. The van der Waals surface area contributed by atoms with Crippen LogP contribution in [0, 0.1) is 41.8 Å². The second kappa shape index (κ2) is 27.1. The van der Waals surface area contributed by atoms with Gasteiger partial charge in [0, 0.05) is 45.0 Å². The fourth-order valence-electron chi connectivity index (χ4n) is 4.40. The van der Waals surface area contributed by atoms with E-state index in [9.17, 15) is 55.1 Å². The van der Waals surface area contributed by atoms with Gasteiger partial charge in [-0.2, -0.15) is 0 Å². The molecule has 0 aromatic heterocycles. The molecule has 0 spiro atoms. The lowest BCUT2D eigenvalue weighted by Gasteiger charge is -1.96. The molecule has 6 aromatic carbocycles. The first-order valence-electron chi connectivity index (χ1n) is 18.3. The number of rotatable bonds is 6. The highest BCUT2D eigenvalue weighted by atomic mass is 35.5. The predicted octanol–water partition coefficient (Wildman–Crippen LogP) is 13.1. The van der Waals surface area contributed by atoms with Gasteiger partial charge in [-0.05, 0) is 133 Å². The Bertz CT molecular complexity index is 2300. The number of hydrogen-bond donors (Lipinski definition) is 0. The fourth-order valence-corrected chi connectivity index (χ4v) is 4.52. The van der Waals surface area contributed by atoms with Crippen molar-refractivity contribution in [2.45, 2.75) is 48.5 Å². The summed E-state index contributed by atoms with van der Waals surface area (Å²) in [5.41, 5.74) is 3.61. The number of ketones is 6. The third-order valence-corrected chi connectivity index (χ3v) is 8.02. The first-order valence-corrected chi connectivity index (χ1v) is 18.7. The van der Waals surface area contributed by atoms with E-state index in [1.54, 1.807) is 37.3 Å². The van der Waals surface area contributed by atoms with Crippen LogP contribution in [0.15, 0.2) is 133 Å². The largest absolute Gasteiger partial charge is 0.295 e. The van der Waals surface area contributed by atoms with Gasteiger partial charge < -0.3 is 0 Å². The van der Waals surface area contributed by atoms with E-state index in [-0.39, 0.29) is 51.7 Å². The number of carbonyl (C=O) groups excluding carboxylic acids is 6. The van der Waals surface area contributed by atoms with Crippen LogP contribution in [-0.4, -0.2) is 34.7 Å². The highest BCUT2D eigenvalue weighted by molar-refractivity contribution is 6.30. The molecule has 0 atom stereocenters. The summed E-state index contributed by atoms with van der Waals surface area (Å²) >= 11 is 5.61. The van der Waals surface area contributed by atoms with Crippen LogP contribution >= 0.6 is 11.6 Å². The monoisotopic (exact) mass is 876 g/mol. The summed E-state index contributed by atoms with van der Waals surface area (Å²) < 4.78 is 74.3. The standard InChI is InChI=1S/C9H10O.C8H7ClO.2C8H6F2O.2C8H7FO/c1-7-3-5-9(6-4-7)8(2)10;1-6(10)7-2-4-8(9)5-3-7;1-5(11)6-2-7(9)4-8(10)3-6;1-5(11)7-3-2-6(9)4-8(7)10;1-6(10)7-2-4-8(9)5-3-7;1-6(10)7-3-2-4-8(9)5-7/h3-6H,1-2H3;2-5H,1H3;2*2-4H,1H3;2*2-5H,1H3. The van der Waals surface area contributed by atoms with Crippen molar-refractivity contribution in [2.75, 3.05) is 0 Å². The highest BCUT2D eigenvalue weighted by Gasteiger charge is 2.07. The molecule has 6 rings (SSSR count). The molecule has 0 aliphatic rings. The summed E-state index contributed by atoms with van der Waals surface area (Å²) in [6.45, 7) is 10.5. The van der Waals surface area contributed by atoms with Crippen molar-refractivity contribution in [3.8, 4) is 0 Å². The summed E-state index contributed by atoms with van der Waals surface area (Å²) in [7, 11) is 0. The maximum Gasteiger partial charge on any atom is 0.162 e. The Morgan fingerprint density at radius 3 is 1.10 bits per heavy atom. The first kappa shape index (κ1) is 53.2. The molecule has 0 fully saturated rings. The Hall–Kier alpha value is -6.79. The molecule has 0 unspecified atom stereocenters. The number of Topliss-reactive ketones (excluding diaryl/α,β-unsaturated/α-hetero) is 6. The Morgan fingerprint density at radius 2 is 0.726 bits per heavy atom. The van der Waals surface area contributed by atoms with E-state index in [4.69, 9.17) is 11.6 Å². The molecule has 0 saturated carbocycles. The number of hydrogen-bond acceptors (Lipinski definition) is 6. The van der Waals surface area contributed by atoms with Crippen LogP contribution in [0.1, 0.15) is 109 Å². The summed E-state index contributed by atoms with van der Waals surface area (Å²) in [4.78, 5) is 64.0. The third-order valence-electron chi connectivity index (χ3n) is 7.77. The summed E-state index contributed by atoms with van der Waals surface area (Å²) in [5.74, 6) is -4.32. The van der Waals surface area contributed by atoms with Crippen molar-refractivity contribution in [3.05, 3.63) is 212 Å². The molecule has 6 nitrogen and oxygen atoms in total. The van der Waals surface area contributed by atoms with E-state index in [0.29, 0.717) is 27.8 Å². The zero-order chi connectivity index (χ0) is 47.1. The van der Waals surface area contributed by atoms with Gasteiger partial charge in [-0.1, -0.05) is 53.6 Å². The van der Waals surface area contributed by atoms with Crippen LogP contribution < -0.4 is 0 Å². The Labute approximate surface area is 361 Å². The molecule has 13 heteroatoms. The zero-order valence-corrected chi connectivity index (χ0v) is 35.6. The molecule has 0 saturated heterocycles. The summed E-state index contributed by atoms with van der Waals surface area (Å²) in [6, 6.07) is 31.2. The van der Waals surface area contributed by atoms with Crippen molar-refractivity contribution in [3.63, 3.8) is 0 Å². The average molecular weight is 877 g/mol. The van der Waals surface area contributed by atoms with Crippen LogP contribution in [-0.2, 0) is 0 Å². The third kappa shape index (κ3) is 21.5. The molecular formula is C49H43ClF6O6. The molecule has 0 aliphatic carbocycles. The molecule has 324 valence electrons. The minimum atomic E-state index is -0.808. The van der Waals surface area contributed by atoms with Crippen molar-refractivity contribution in [1.29, 1.82) is 0 Å². The second-order valence-corrected chi connectivity index (χ2v) is 13.4. The van der Waals surface area contributed by atoms with Crippen molar-refractivity contribution in [1.82, 2.24) is 0 Å². The lowest BCUT2D eigenvalue weighted by molar-refractivity contribution is 0.100. The van der Waals surface area contributed by atoms with Crippen molar-refractivity contribution in [2.24, 2.45) is 0 Å². The van der Waals surface area contributed by atoms with Crippen LogP contribution in [0.25, 0.3) is 0 Å². The summed E-state index contributed by atoms with van der Waals surface area (Å²) in [5, 5.41) is 0.657. The number of halogens is 7. The second-order valence-electron chi connectivity index (χ2n) is 13.0. The van der Waals surface area contributed by atoms with Gasteiger partial charge >= 0.3 is 0 Å². The van der Waals surface area contributed by atoms with Gasteiger partial charge in [-0.3, -0.25) is 28.8 Å². The van der Waals surface area contributed by atoms with Crippen LogP contribution in [0.4, 0.5) is 26.3 Å². The van der Waals surface area contributed by atoms with E-state index >= 15 is 0 Å². The van der Waals surface area contributed by atoms with Crippen LogP contribution in [0.5, 0.6) is 0 Å². The average Bonchev–Trinajstić information content (AvgIpc) is 3.19. The normalized spacial score (nSPS) is 9.52. The van der Waals surface area contributed by atoms with Gasteiger partial charge in [0.25, 0.3) is 0 Å². The SMILES string of the molecule is CC(=O)c1cc(F)cc(F)c1.CC(=O)c1ccc(C)cc1.CC(=O)c1ccc(Cl)cc1.CC(=O)c1ccc(F)cc1.CC(=O)c1ccc(F)cc1F.CC(=O)c1cccc(F)c1. The van der Waals surface area contributed by atoms with Crippen molar-refractivity contribution >= 4 is 46.3 Å². The van der Waals surface area contributed by atoms with E-state index in [2.05, 4.69) is 0 Å². The Balaban J connectivity index is 0.000000372. The lowest BCUT2D eigenvalue weighted by atomic mass is 10.1. The van der Waals surface area contributed by atoms with Gasteiger partial charge in [0.15, 0.2) is 34.7 Å². The van der Waals surface area contributed by atoms with E-state index in [1.807, 2.05) is 31.2 Å². The van der Waals surface area contributed by atoms with Gasteiger partial charge in [0.1, 0.15) is 34.9 Å². The Morgan fingerprint density at radius 1 is 0.355 bits per heavy atom. The van der Waals surface area contributed by atoms with Gasteiger partial charge in [0.05, 0.1) is 5.56 Å². The summed E-state index contributed by atoms with van der Waals surface area (Å²) in [6.07, 6.45) is 0. The molecule has 0 bridgehead atoms. The zero-order valence-electron chi connectivity index (χ0n) is 34.8. The maximum absolute atomic E-state index is 12.6.